The molecule has 0 aliphatic rings. The van der Waals surface area contributed by atoms with Crippen molar-refractivity contribution in [3.05, 3.63) is 34.9 Å². The van der Waals surface area contributed by atoms with Crippen LogP contribution in [0.15, 0.2) is 18.2 Å². The van der Waals surface area contributed by atoms with E-state index in [1.54, 1.807) is 0 Å². The highest BCUT2D eigenvalue weighted by molar-refractivity contribution is 5.94. The van der Waals surface area contributed by atoms with Crippen molar-refractivity contribution < 1.29 is 14.7 Å². The van der Waals surface area contributed by atoms with Crippen molar-refractivity contribution in [3.8, 4) is 0 Å². The van der Waals surface area contributed by atoms with Gasteiger partial charge in [-0.15, -0.1) is 0 Å². The number of imide groups is 1. The molecule has 0 N–H and O–H groups in total. The molecule has 1 atom stereocenters. The molecule has 1 aromatic carbocycles. The largest absolute Gasteiger partial charge is 0.530 e. The predicted molar refractivity (Wildman–Crippen MR) is 76.5 cm³/mol. The Morgan fingerprint density at radius 1 is 1.20 bits per heavy atom. The SMILES string of the molecule is CCC(C(=O)N(C)C(=O)[O-])c1cc(C)cc(C(C)C)c1. The van der Waals surface area contributed by atoms with E-state index in [4.69, 9.17) is 0 Å². The molecule has 4 nitrogen and oxygen atoms in total. The predicted octanol–water partition coefficient (Wildman–Crippen LogP) is 2.41. The lowest BCUT2D eigenvalue weighted by Crippen LogP contribution is -2.44. The Labute approximate surface area is 120 Å². The lowest BCUT2D eigenvalue weighted by Gasteiger charge is -2.24. The fraction of sp³-hybridized carbons (Fsp3) is 0.500. The molecular formula is C16H22NO3-. The molecule has 0 radical (unpaired) electrons. The average molecular weight is 276 g/mol. The number of rotatable bonds is 4. The molecule has 0 fully saturated rings. The summed E-state index contributed by atoms with van der Waals surface area (Å²) in [7, 11) is 1.24. The van der Waals surface area contributed by atoms with E-state index in [1.165, 1.54) is 7.05 Å². The van der Waals surface area contributed by atoms with Gasteiger partial charge < -0.3 is 14.8 Å². The molecule has 1 aromatic rings. The Balaban J connectivity index is 3.18. The number of aryl methyl sites for hydroxylation is 1. The van der Waals surface area contributed by atoms with Crippen molar-refractivity contribution in [2.45, 2.75) is 46.0 Å². The van der Waals surface area contributed by atoms with E-state index >= 15 is 0 Å². The standard InChI is InChI=1S/C16H23NO3/c1-6-14(15(18)17(5)16(19)20)13-8-11(4)7-12(9-13)10(2)3/h7-10,14H,6H2,1-5H3,(H,19,20)/p-1. The van der Waals surface area contributed by atoms with Gasteiger partial charge >= 0.3 is 0 Å². The number of hydrogen-bond acceptors (Lipinski definition) is 3. The topological polar surface area (TPSA) is 60.4 Å². The Hall–Kier alpha value is -1.84. The highest BCUT2D eigenvalue weighted by atomic mass is 16.4. The minimum absolute atomic E-state index is 0.361. The van der Waals surface area contributed by atoms with Crippen LogP contribution in [-0.2, 0) is 4.79 Å². The van der Waals surface area contributed by atoms with Crippen LogP contribution in [0.5, 0.6) is 0 Å². The van der Waals surface area contributed by atoms with E-state index in [1.807, 2.05) is 26.0 Å². The molecule has 0 spiro atoms. The van der Waals surface area contributed by atoms with Gasteiger partial charge in [-0.25, -0.2) is 0 Å². The van der Waals surface area contributed by atoms with Crippen LogP contribution in [0.25, 0.3) is 0 Å². The monoisotopic (exact) mass is 276 g/mol. The van der Waals surface area contributed by atoms with Gasteiger partial charge in [0.2, 0.25) is 5.91 Å². The summed E-state index contributed by atoms with van der Waals surface area (Å²) in [6.07, 6.45) is -0.914. The third-order valence-corrected chi connectivity index (χ3v) is 3.50. The van der Waals surface area contributed by atoms with Gasteiger partial charge in [0.25, 0.3) is 0 Å². The zero-order valence-corrected chi connectivity index (χ0v) is 12.8. The van der Waals surface area contributed by atoms with Crippen LogP contribution >= 0.6 is 0 Å². The highest BCUT2D eigenvalue weighted by Crippen LogP contribution is 2.27. The van der Waals surface area contributed by atoms with E-state index in [0.717, 1.165) is 16.7 Å². The number of nitrogens with zero attached hydrogens (tertiary/aromatic N) is 1. The van der Waals surface area contributed by atoms with Crippen LogP contribution in [-0.4, -0.2) is 23.9 Å². The van der Waals surface area contributed by atoms with Crippen LogP contribution in [0.1, 0.15) is 55.7 Å². The summed E-state index contributed by atoms with van der Waals surface area (Å²) < 4.78 is 0. The second-order valence-corrected chi connectivity index (χ2v) is 5.46. The number of carboxylic acid groups (broad SMARTS) is 1. The molecule has 0 aromatic heterocycles. The zero-order chi connectivity index (χ0) is 15.4. The van der Waals surface area contributed by atoms with Gasteiger partial charge in [0.15, 0.2) is 0 Å². The van der Waals surface area contributed by atoms with Gasteiger partial charge in [0.1, 0.15) is 6.09 Å². The lowest BCUT2D eigenvalue weighted by atomic mass is 9.89. The minimum atomic E-state index is -1.47. The summed E-state index contributed by atoms with van der Waals surface area (Å²) in [6.45, 7) is 8.04. The lowest BCUT2D eigenvalue weighted by molar-refractivity contribution is -0.262. The first kappa shape index (κ1) is 16.2. The fourth-order valence-electron chi connectivity index (χ4n) is 2.25. The summed E-state index contributed by atoms with van der Waals surface area (Å²) in [5.41, 5.74) is 3.10. The summed E-state index contributed by atoms with van der Waals surface area (Å²) in [6, 6.07) is 6.03. The smallest absolute Gasteiger partial charge is 0.235 e. The van der Waals surface area contributed by atoms with Crippen molar-refractivity contribution in [1.29, 1.82) is 0 Å². The van der Waals surface area contributed by atoms with Crippen molar-refractivity contribution in [2.24, 2.45) is 0 Å². The van der Waals surface area contributed by atoms with Crippen LogP contribution in [0.4, 0.5) is 4.79 Å². The number of likely N-dealkylation sites (N-methyl/N-ethyl adjacent to an activating group) is 1. The first-order chi connectivity index (χ1) is 9.27. The molecule has 0 bridgehead atoms. The maximum atomic E-state index is 12.2. The number of hydrogen-bond donors (Lipinski definition) is 0. The average Bonchev–Trinajstić information content (AvgIpc) is 2.37. The van der Waals surface area contributed by atoms with Crippen LogP contribution in [0, 0.1) is 6.92 Å². The van der Waals surface area contributed by atoms with E-state index in [0.29, 0.717) is 17.2 Å². The summed E-state index contributed by atoms with van der Waals surface area (Å²) in [5.74, 6) is -0.525. The molecule has 1 unspecified atom stereocenters. The van der Waals surface area contributed by atoms with E-state index in [2.05, 4.69) is 19.9 Å². The van der Waals surface area contributed by atoms with Crippen molar-refractivity contribution in [2.75, 3.05) is 7.05 Å². The molecule has 1 rings (SSSR count). The first-order valence-corrected chi connectivity index (χ1v) is 6.87. The Morgan fingerprint density at radius 3 is 2.20 bits per heavy atom. The second kappa shape index (κ2) is 6.55. The van der Waals surface area contributed by atoms with Gasteiger partial charge in [0.05, 0.1) is 5.92 Å². The third kappa shape index (κ3) is 3.59. The molecule has 0 aliphatic carbocycles. The van der Waals surface area contributed by atoms with Gasteiger partial charge in [-0.2, -0.15) is 0 Å². The maximum Gasteiger partial charge on any atom is 0.235 e. The van der Waals surface area contributed by atoms with E-state index < -0.39 is 17.9 Å². The molecule has 0 heterocycles. The molecule has 0 aliphatic heterocycles. The van der Waals surface area contributed by atoms with Crippen LogP contribution < -0.4 is 5.11 Å². The number of carbonyl (C=O) groups is 2. The second-order valence-electron chi connectivity index (χ2n) is 5.46. The normalized spacial score (nSPS) is 12.3. The van der Waals surface area contributed by atoms with Crippen LogP contribution in [0.3, 0.4) is 0 Å². The Kier molecular flexibility index (Phi) is 5.31. The first-order valence-electron chi connectivity index (χ1n) is 6.87. The van der Waals surface area contributed by atoms with E-state index in [-0.39, 0.29) is 0 Å². The quantitative estimate of drug-likeness (QED) is 0.848. The fourth-order valence-corrected chi connectivity index (χ4v) is 2.25. The Bertz CT molecular complexity index is 508. The van der Waals surface area contributed by atoms with Gasteiger partial charge in [-0.1, -0.05) is 44.5 Å². The van der Waals surface area contributed by atoms with Gasteiger partial charge in [-0.05, 0) is 30.4 Å². The zero-order valence-electron chi connectivity index (χ0n) is 12.8. The maximum absolute atomic E-state index is 12.2. The number of benzene rings is 1. The molecule has 4 heteroatoms. The molecule has 2 amide bonds. The number of carbonyl (C=O) groups excluding carboxylic acids is 2. The van der Waals surface area contributed by atoms with Crippen molar-refractivity contribution >= 4 is 12.0 Å². The summed E-state index contributed by atoms with van der Waals surface area (Å²) >= 11 is 0. The van der Waals surface area contributed by atoms with Gasteiger partial charge in [-0.3, -0.25) is 4.79 Å². The molecular weight excluding hydrogens is 254 g/mol. The highest BCUT2D eigenvalue weighted by Gasteiger charge is 2.23. The molecule has 0 saturated heterocycles. The Morgan fingerprint density at radius 2 is 1.75 bits per heavy atom. The molecule has 110 valence electrons. The van der Waals surface area contributed by atoms with Crippen molar-refractivity contribution in [1.82, 2.24) is 4.90 Å². The molecule has 20 heavy (non-hydrogen) atoms. The van der Waals surface area contributed by atoms with Crippen LogP contribution in [0.2, 0.25) is 0 Å². The summed E-state index contributed by atoms with van der Waals surface area (Å²) in [5, 5.41) is 10.8. The number of amides is 2. The van der Waals surface area contributed by atoms with Crippen molar-refractivity contribution in [3.63, 3.8) is 0 Å². The minimum Gasteiger partial charge on any atom is -0.530 e. The third-order valence-electron chi connectivity index (χ3n) is 3.50. The van der Waals surface area contributed by atoms with Gasteiger partial charge in [0, 0.05) is 7.05 Å². The summed E-state index contributed by atoms with van der Waals surface area (Å²) in [4.78, 5) is 23.7. The van der Waals surface area contributed by atoms with E-state index in [9.17, 15) is 14.7 Å². The molecule has 0 saturated carbocycles.